The molecule has 2 rings (SSSR count). The molecule has 0 bridgehead atoms. The van der Waals surface area contributed by atoms with Crippen molar-refractivity contribution in [2.75, 3.05) is 14.1 Å². The Morgan fingerprint density at radius 1 is 1.12 bits per heavy atom. The van der Waals surface area contributed by atoms with Crippen molar-refractivity contribution in [1.29, 1.82) is 0 Å². The number of nitrogens with zero attached hydrogens (tertiary/aromatic N) is 1. The molecule has 1 amide bonds. The summed E-state index contributed by atoms with van der Waals surface area (Å²) in [5, 5.41) is 2.60. The summed E-state index contributed by atoms with van der Waals surface area (Å²) in [5.41, 5.74) is 1.66. The van der Waals surface area contributed by atoms with Crippen LogP contribution in [-0.2, 0) is 16.6 Å². The van der Waals surface area contributed by atoms with E-state index >= 15 is 0 Å². The van der Waals surface area contributed by atoms with Crippen molar-refractivity contribution in [2.45, 2.75) is 18.4 Å². The second-order valence-corrected chi connectivity index (χ2v) is 7.75. The Bertz CT molecular complexity index is 847. The quantitative estimate of drug-likeness (QED) is 0.900. The molecule has 0 radical (unpaired) electrons. The van der Waals surface area contributed by atoms with Crippen molar-refractivity contribution in [3.63, 3.8) is 0 Å². The van der Waals surface area contributed by atoms with Crippen LogP contribution in [0.1, 0.15) is 21.5 Å². The van der Waals surface area contributed by atoms with Gasteiger partial charge < -0.3 is 5.32 Å². The molecular weight excluding hydrogens is 331 g/mol. The number of aryl methyl sites for hydroxylation is 1. The van der Waals surface area contributed by atoms with Crippen molar-refractivity contribution >= 4 is 15.9 Å². The van der Waals surface area contributed by atoms with Gasteiger partial charge in [0.25, 0.3) is 5.91 Å². The third-order valence-electron chi connectivity index (χ3n) is 3.53. The molecule has 0 atom stereocenters. The van der Waals surface area contributed by atoms with Crippen LogP contribution in [0.3, 0.4) is 0 Å². The summed E-state index contributed by atoms with van der Waals surface area (Å²) in [7, 11) is -0.993. The first-order valence-corrected chi connectivity index (χ1v) is 8.71. The molecule has 7 heteroatoms. The minimum absolute atomic E-state index is 0.130. The summed E-state index contributed by atoms with van der Waals surface area (Å²) in [6, 6.07) is 10.7. The summed E-state index contributed by atoms with van der Waals surface area (Å²) in [4.78, 5) is 12.1. The molecule has 128 valence electrons. The number of carbonyl (C=O) groups excluding carboxylic acids is 1. The van der Waals surface area contributed by atoms with E-state index < -0.39 is 21.7 Å². The van der Waals surface area contributed by atoms with Gasteiger partial charge >= 0.3 is 0 Å². The van der Waals surface area contributed by atoms with Gasteiger partial charge in [-0.05, 0) is 30.7 Å². The van der Waals surface area contributed by atoms with E-state index in [2.05, 4.69) is 5.32 Å². The molecule has 24 heavy (non-hydrogen) atoms. The first-order chi connectivity index (χ1) is 11.2. The molecule has 0 aliphatic rings. The summed E-state index contributed by atoms with van der Waals surface area (Å²) in [6.45, 7) is 2.18. The van der Waals surface area contributed by atoms with Crippen molar-refractivity contribution in [3.05, 3.63) is 65.0 Å². The van der Waals surface area contributed by atoms with Crippen LogP contribution >= 0.6 is 0 Å². The van der Waals surface area contributed by atoms with Gasteiger partial charge in [0.1, 0.15) is 5.82 Å². The lowest BCUT2D eigenvalue weighted by Crippen LogP contribution is -2.26. The summed E-state index contributed by atoms with van der Waals surface area (Å²) >= 11 is 0. The number of hydrogen-bond donors (Lipinski definition) is 1. The lowest BCUT2D eigenvalue weighted by molar-refractivity contribution is 0.0946. The van der Waals surface area contributed by atoms with E-state index in [0.29, 0.717) is 0 Å². The van der Waals surface area contributed by atoms with Crippen LogP contribution in [-0.4, -0.2) is 32.7 Å². The van der Waals surface area contributed by atoms with E-state index in [0.717, 1.165) is 33.6 Å². The highest BCUT2D eigenvalue weighted by Gasteiger charge is 2.21. The number of rotatable bonds is 5. The maximum absolute atomic E-state index is 13.9. The van der Waals surface area contributed by atoms with Crippen molar-refractivity contribution in [1.82, 2.24) is 9.62 Å². The molecule has 2 aromatic rings. The van der Waals surface area contributed by atoms with Crippen molar-refractivity contribution in [3.8, 4) is 0 Å². The molecule has 0 saturated heterocycles. The molecule has 0 saturated carbocycles. The van der Waals surface area contributed by atoms with Gasteiger partial charge in [-0.1, -0.05) is 29.8 Å². The molecular formula is C17H19FN2O3S. The summed E-state index contributed by atoms with van der Waals surface area (Å²) < 4.78 is 39.1. The third kappa shape index (κ3) is 3.98. The van der Waals surface area contributed by atoms with Crippen molar-refractivity contribution in [2.24, 2.45) is 0 Å². The van der Waals surface area contributed by atoms with E-state index in [4.69, 9.17) is 0 Å². The normalized spacial score (nSPS) is 11.5. The highest BCUT2D eigenvalue weighted by molar-refractivity contribution is 7.89. The summed E-state index contributed by atoms with van der Waals surface area (Å²) in [5.74, 6) is -1.43. The van der Waals surface area contributed by atoms with Gasteiger partial charge in [0.15, 0.2) is 0 Å². The molecule has 0 aromatic heterocycles. The first kappa shape index (κ1) is 18.1. The predicted octanol–water partition coefficient (Wildman–Crippen LogP) is 2.31. The monoisotopic (exact) mass is 350 g/mol. The number of halogens is 1. The standard InChI is InChI=1S/C17H19FN2O3S/c1-12-4-6-13(7-5-12)11-19-17(21)15-10-14(8-9-16(15)18)24(22,23)20(2)3/h4-10H,11H2,1-3H3,(H,19,21). The predicted molar refractivity (Wildman–Crippen MR) is 89.6 cm³/mol. The van der Waals surface area contributed by atoms with E-state index in [9.17, 15) is 17.6 Å². The Hall–Kier alpha value is -2.25. The van der Waals surface area contributed by atoms with Gasteiger partial charge in [-0.3, -0.25) is 4.79 Å². The average Bonchev–Trinajstić information content (AvgIpc) is 2.54. The van der Waals surface area contributed by atoms with Crippen LogP contribution in [0.15, 0.2) is 47.4 Å². The minimum Gasteiger partial charge on any atom is -0.348 e. The lowest BCUT2D eigenvalue weighted by atomic mass is 10.1. The Kier molecular flexibility index (Phi) is 5.36. The second kappa shape index (κ2) is 7.11. The maximum atomic E-state index is 13.9. The van der Waals surface area contributed by atoms with E-state index in [1.807, 2.05) is 31.2 Å². The second-order valence-electron chi connectivity index (χ2n) is 5.60. The highest BCUT2D eigenvalue weighted by Crippen LogP contribution is 2.18. The number of hydrogen-bond acceptors (Lipinski definition) is 3. The molecule has 0 fully saturated rings. The van der Waals surface area contributed by atoms with Crippen LogP contribution < -0.4 is 5.32 Å². The maximum Gasteiger partial charge on any atom is 0.254 e. The molecule has 0 aliphatic heterocycles. The Morgan fingerprint density at radius 3 is 2.33 bits per heavy atom. The SMILES string of the molecule is Cc1ccc(CNC(=O)c2cc(S(=O)(=O)N(C)C)ccc2F)cc1. The Morgan fingerprint density at radius 2 is 1.75 bits per heavy atom. The van der Waals surface area contributed by atoms with Crippen LogP contribution in [0.2, 0.25) is 0 Å². The fourth-order valence-corrected chi connectivity index (χ4v) is 2.96. The summed E-state index contributed by atoms with van der Waals surface area (Å²) in [6.07, 6.45) is 0. The molecule has 0 unspecified atom stereocenters. The van der Waals surface area contributed by atoms with Gasteiger partial charge in [0.2, 0.25) is 10.0 Å². The highest BCUT2D eigenvalue weighted by atomic mass is 32.2. The van der Waals surface area contributed by atoms with Crippen LogP contribution in [0.5, 0.6) is 0 Å². The molecule has 0 heterocycles. The van der Waals surface area contributed by atoms with Crippen LogP contribution in [0, 0.1) is 12.7 Å². The molecule has 1 N–H and O–H groups in total. The van der Waals surface area contributed by atoms with Crippen LogP contribution in [0.4, 0.5) is 4.39 Å². The number of nitrogens with one attached hydrogen (secondary N) is 1. The average molecular weight is 350 g/mol. The van der Waals surface area contributed by atoms with Gasteiger partial charge in [-0.15, -0.1) is 0 Å². The molecule has 0 spiro atoms. The molecule has 0 aliphatic carbocycles. The lowest BCUT2D eigenvalue weighted by Gasteiger charge is -2.13. The van der Waals surface area contributed by atoms with Gasteiger partial charge in [0.05, 0.1) is 10.5 Å². The zero-order chi connectivity index (χ0) is 17.9. The van der Waals surface area contributed by atoms with Crippen molar-refractivity contribution < 1.29 is 17.6 Å². The van der Waals surface area contributed by atoms with E-state index in [-0.39, 0.29) is 17.0 Å². The van der Waals surface area contributed by atoms with Gasteiger partial charge in [-0.2, -0.15) is 0 Å². The zero-order valence-electron chi connectivity index (χ0n) is 13.7. The zero-order valence-corrected chi connectivity index (χ0v) is 14.5. The Labute approximate surface area is 141 Å². The minimum atomic E-state index is -3.73. The topological polar surface area (TPSA) is 66.5 Å². The third-order valence-corrected chi connectivity index (χ3v) is 5.35. The smallest absolute Gasteiger partial charge is 0.254 e. The fraction of sp³-hybridized carbons (Fsp3) is 0.235. The molecule has 2 aromatic carbocycles. The molecule has 5 nitrogen and oxygen atoms in total. The number of benzene rings is 2. The van der Waals surface area contributed by atoms with Crippen LogP contribution in [0.25, 0.3) is 0 Å². The van der Waals surface area contributed by atoms with E-state index in [1.165, 1.54) is 14.1 Å². The van der Waals surface area contributed by atoms with Gasteiger partial charge in [-0.25, -0.2) is 17.1 Å². The fourth-order valence-electron chi connectivity index (χ4n) is 2.03. The number of carbonyl (C=O) groups is 1. The number of amides is 1. The number of sulfonamides is 1. The van der Waals surface area contributed by atoms with Gasteiger partial charge in [0, 0.05) is 20.6 Å². The first-order valence-electron chi connectivity index (χ1n) is 7.27. The van der Waals surface area contributed by atoms with E-state index in [1.54, 1.807) is 0 Å². The largest absolute Gasteiger partial charge is 0.348 e. The Balaban J connectivity index is 2.21.